The maximum absolute atomic E-state index is 9.28. The van der Waals surface area contributed by atoms with Gasteiger partial charge < -0.3 is 5.11 Å². The Kier molecular flexibility index (Phi) is 1.67. The number of fused-ring (bicyclic) bond motifs is 1. The van der Waals surface area contributed by atoms with Crippen LogP contribution in [0.1, 0.15) is 11.1 Å². The topological polar surface area (TPSA) is 32.6 Å². The first-order chi connectivity index (χ1) is 5.86. The number of hydrogen-bond acceptors (Lipinski definition) is 2. The third-order valence-corrected chi connectivity index (χ3v) is 1.86. The molecule has 0 aliphatic carbocycles. The lowest BCUT2D eigenvalue weighted by atomic mass is 10.1. The fourth-order valence-electron chi connectivity index (χ4n) is 1.27. The van der Waals surface area contributed by atoms with Crippen LogP contribution in [-0.4, -0.2) is 11.3 Å². The summed E-state index contributed by atoms with van der Waals surface area (Å²) >= 11 is 0. The summed E-state index contributed by atoms with van der Waals surface area (Å²) in [4.78, 5) is 3.96. The summed E-state index contributed by atoms with van der Waals surface area (Å²) in [6.45, 7) is 0. The van der Waals surface area contributed by atoms with Crippen molar-refractivity contribution >= 4 is 6.21 Å². The van der Waals surface area contributed by atoms with Crippen LogP contribution in [0.15, 0.2) is 41.2 Å². The van der Waals surface area contributed by atoms with E-state index in [4.69, 9.17) is 0 Å². The molecular weight excluding hydrogens is 150 g/mol. The molecule has 2 nitrogen and oxygen atoms in total. The number of benzene rings is 1. The molecule has 1 aliphatic rings. The van der Waals surface area contributed by atoms with Gasteiger partial charge in [0, 0.05) is 12.6 Å². The Bertz CT molecular complexity index is 353. The molecule has 1 heterocycles. The summed E-state index contributed by atoms with van der Waals surface area (Å²) in [5.74, 6) is 0.316. The Hall–Kier alpha value is -1.57. The molecule has 1 aromatic carbocycles. The quantitative estimate of drug-likeness (QED) is 0.617. The SMILES string of the molecule is OC1=CN=Cc2ccccc2C1. The number of nitrogens with zero attached hydrogens (tertiary/aromatic N) is 1. The number of hydrogen-bond donors (Lipinski definition) is 1. The van der Waals surface area contributed by atoms with Crippen molar-refractivity contribution in [2.24, 2.45) is 4.99 Å². The van der Waals surface area contributed by atoms with Crippen molar-refractivity contribution in [2.75, 3.05) is 0 Å². The fraction of sp³-hybridized carbons (Fsp3) is 0.100. The summed E-state index contributed by atoms with van der Waals surface area (Å²) < 4.78 is 0. The first-order valence-electron chi connectivity index (χ1n) is 3.85. The van der Waals surface area contributed by atoms with Crippen LogP contribution in [-0.2, 0) is 6.42 Å². The highest BCUT2D eigenvalue weighted by Crippen LogP contribution is 2.13. The lowest BCUT2D eigenvalue weighted by Crippen LogP contribution is -1.92. The van der Waals surface area contributed by atoms with E-state index in [1.165, 1.54) is 6.20 Å². The van der Waals surface area contributed by atoms with Crippen LogP contribution in [0.25, 0.3) is 0 Å². The second-order valence-corrected chi connectivity index (χ2v) is 2.77. The summed E-state index contributed by atoms with van der Waals surface area (Å²) in [5, 5.41) is 9.28. The molecule has 60 valence electrons. The molecule has 0 aromatic heterocycles. The van der Waals surface area contributed by atoms with E-state index in [1.807, 2.05) is 24.3 Å². The van der Waals surface area contributed by atoms with Gasteiger partial charge in [-0.2, -0.15) is 0 Å². The van der Waals surface area contributed by atoms with E-state index >= 15 is 0 Å². The minimum atomic E-state index is 0.316. The number of rotatable bonds is 0. The third-order valence-electron chi connectivity index (χ3n) is 1.86. The van der Waals surface area contributed by atoms with Gasteiger partial charge in [-0.1, -0.05) is 24.3 Å². The van der Waals surface area contributed by atoms with Crippen LogP contribution in [0.2, 0.25) is 0 Å². The Balaban J connectivity index is 2.49. The van der Waals surface area contributed by atoms with Gasteiger partial charge >= 0.3 is 0 Å². The van der Waals surface area contributed by atoms with Gasteiger partial charge in [0.1, 0.15) is 5.76 Å². The van der Waals surface area contributed by atoms with Gasteiger partial charge in [-0.25, -0.2) is 0 Å². The monoisotopic (exact) mass is 159 g/mol. The lowest BCUT2D eigenvalue weighted by Gasteiger charge is -2.00. The predicted octanol–water partition coefficient (Wildman–Crippen LogP) is 2.06. The molecule has 0 spiro atoms. The molecule has 12 heavy (non-hydrogen) atoms. The number of aliphatic hydroxyl groups excluding tert-OH is 1. The van der Waals surface area contributed by atoms with Crippen molar-refractivity contribution in [2.45, 2.75) is 6.42 Å². The first kappa shape index (κ1) is 7.10. The average molecular weight is 159 g/mol. The van der Waals surface area contributed by atoms with Crippen molar-refractivity contribution in [3.8, 4) is 0 Å². The second kappa shape index (κ2) is 2.81. The Morgan fingerprint density at radius 1 is 1.25 bits per heavy atom. The fourth-order valence-corrected chi connectivity index (χ4v) is 1.27. The van der Waals surface area contributed by atoms with E-state index < -0.39 is 0 Å². The van der Waals surface area contributed by atoms with Crippen LogP contribution in [0.3, 0.4) is 0 Å². The molecule has 0 atom stereocenters. The maximum Gasteiger partial charge on any atom is 0.115 e. The summed E-state index contributed by atoms with van der Waals surface area (Å²) in [7, 11) is 0. The van der Waals surface area contributed by atoms with Crippen LogP contribution >= 0.6 is 0 Å². The van der Waals surface area contributed by atoms with Crippen molar-refractivity contribution in [1.82, 2.24) is 0 Å². The molecule has 0 fully saturated rings. The summed E-state index contributed by atoms with van der Waals surface area (Å²) in [6.07, 6.45) is 3.83. The van der Waals surface area contributed by atoms with Gasteiger partial charge in [-0.05, 0) is 11.1 Å². The van der Waals surface area contributed by atoms with E-state index in [-0.39, 0.29) is 0 Å². The van der Waals surface area contributed by atoms with Crippen LogP contribution < -0.4 is 0 Å². The summed E-state index contributed by atoms with van der Waals surface area (Å²) in [6, 6.07) is 7.92. The molecule has 0 unspecified atom stereocenters. The van der Waals surface area contributed by atoms with E-state index in [9.17, 15) is 5.11 Å². The largest absolute Gasteiger partial charge is 0.510 e. The smallest absolute Gasteiger partial charge is 0.115 e. The van der Waals surface area contributed by atoms with Gasteiger partial charge in [-0.3, -0.25) is 4.99 Å². The third kappa shape index (κ3) is 1.23. The minimum absolute atomic E-state index is 0.316. The minimum Gasteiger partial charge on any atom is -0.510 e. The highest BCUT2D eigenvalue weighted by molar-refractivity contribution is 5.82. The van der Waals surface area contributed by atoms with Gasteiger partial charge in [0.05, 0.1) is 6.20 Å². The van der Waals surface area contributed by atoms with Crippen LogP contribution in [0, 0.1) is 0 Å². The zero-order valence-corrected chi connectivity index (χ0v) is 6.57. The molecule has 0 saturated carbocycles. The predicted molar refractivity (Wildman–Crippen MR) is 48.5 cm³/mol. The van der Waals surface area contributed by atoms with Crippen molar-refractivity contribution < 1.29 is 5.11 Å². The molecule has 1 N–H and O–H groups in total. The second-order valence-electron chi connectivity index (χ2n) is 2.77. The van der Waals surface area contributed by atoms with Gasteiger partial charge in [0.25, 0.3) is 0 Å². The highest BCUT2D eigenvalue weighted by atomic mass is 16.3. The molecule has 0 radical (unpaired) electrons. The molecule has 0 bridgehead atoms. The van der Waals surface area contributed by atoms with E-state index in [2.05, 4.69) is 4.99 Å². The molecule has 2 rings (SSSR count). The van der Waals surface area contributed by atoms with Crippen molar-refractivity contribution in [3.63, 3.8) is 0 Å². The summed E-state index contributed by atoms with van der Waals surface area (Å²) in [5.41, 5.74) is 2.20. The van der Waals surface area contributed by atoms with Crippen LogP contribution in [0.4, 0.5) is 0 Å². The molecule has 0 amide bonds. The van der Waals surface area contributed by atoms with Crippen LogP contribution in [0.5, 0.6) is 0 Å². The molecule has 0 saturated heterocycles. The van der Waals surface area contributed by atoms with Gasteiger partial charge in [-0.15, -0.1) is 0 Å². The standard InChI is InChI=1S/C10H9NO/c12-10-5-8-3-1-2-4-9(8)6-11-7-10/h1-4,6-7,12H,5H2. The Labute approximate surface area is 70.9 Å². The van der Waals surface area contributed by atoms with Crippen molar-refractivity contribution in [1.29, 1.82) is 0 Å². The molecular formula is C10H9NO. The Morgan fingerprint density at radius 2 is 2.08 bits per heavy atom. The average Bonchev–Trinajstić information content (AvgIpc) is 2.25. The molecule has 1 aliphatic heterocycles. The lowest BCUT2D eigenvalue weighted by molar-refractivity contribution is 0.397. The zero-order valence-electron chi connectivity index (χ0n) is 6.57. The van der Waals surface area contributed by atoms with Gasteiger partial charge in [0.15, 0.2) is 0 Å². The van der Waals surface area contributed by atoms with Crippen molar-refractivity contribution in [3.05, 3.63) is 47.4 Å². The van der Waals surface area contributed by atoms with E-state index in [0.717, 1.165) is 11.1 Å². The first-order valence-corrected chi connectivity index (χ1v) is 3.85. The zero-order chi connectivity index (χ0) is 8.39. The molecule has 1 aromatic rings. The maximum atomic E-state index is 9.28. The van der Waals surface area contributed by atoms with E-state index in [0.29, 0.717) is 12.2 Å². The van der Waals surface area contributed by atoms with Gasteiger partial charge in [0.2, 0.25) is 0 Å². The number of allylic oxidation sites excluding steroid dienone is 1. The van der Waals surface area contributed by atoms with E-state index in [1.54, 1.807) is 6.21 Å². The highest BCUT2D eigenvalue weighted by Gasteiger charge is 2.04. The number of aliphatic hydroxyl groups is 1. The molecule has 2 heteroatoms. The number of aliphatic imine (C=N–C) groups is 1. The Morgan fingerprint density at radius 3 is 3.00 bits per heavy atom. The normalized spacial score (nSPS) is 14.8.